The van der Waals surface area contributed by atoms with Gasteiger partial charge in [-0.3, -0.25) is 0 Å². The molecule has 1 aliphatic rings. The fourth-order valence-electron chi connectivity index (χ4n) is 2.62. The van der Waals surface area contributed by atoms with Crippen molar-refractivity contribution in [1.29, 1.82) is 0 Å². The molecule has 15 heavy (non-hydrogen) atoms. The normalized spacial score (nSPS) is 22.3. The van der Waals surface area contributed by atoms with Gasteiger partial charge in [-0.2, -0.15) is 0 Å². The zero-order chi connectivity index (χ0) is 11.3. The molecule has 0 aromatic heterocycles. The fraction of sp³-hybridized carbons (Fsp3) is 0.846. The van der Waals surface area contributed by atoms with Gasteiger partial charge in [0.05, 0.1) is 5.60 Å². The summed E-state index contributed by atoms with van der Waals surface area (Å²) < 4.78 is 5.97. The summed E-state index contributed by atoms with van der Waals surface area (Å²) >= 11 is 0. The molecule has 2 N–H and O–H groups in total. The third-order valence-corrected chi connectivity index (χ3v) is 3.38. The molecule has 0 amide bonds. The lowest BCUT2D eigenvalue weighted by Gasteiger charge is -2.41. The van der Waals surface area contributed by atoms with Gasteiger partial charge in [-0.1, -0.05) is 24.8 Å². The van der Waals surface area contributed by atoms with Crippen LogP contribution < -0.4 is 5.73 Å². The molecule has 1 fully saturated rings. The zero-order valence-electron chi connectivity index (χ0n) is 10.2. The second kappa shape index (κ2) is 5.66. The van der Waals surface area contributed by atoms with Crippen molar-refractivity contribution < 1.29 is 4.74 Å². The van der Waals surface area contributed by atoms with E-state index < -0.39 is 0 Å². The van der Waals surface area contributed by atoms with E-state index in [9.17, 15) is 0 Å². The monoisotopic (exact) mass is 211 g/mol. The number of rotatable bonds is 5. The summed E-state index contributed by atoms with van der Waals surface area (Å²) in [7, 11) is 0. The van der Waals surface area contributed by atoms with Crippen LogP contribution in [0.3, 0.4) is 0 Å². The molecule has 1 atom stereocenters. The summed E-state index contributed by atoms with van der Waals surface area (Å²) in [6.07, 6.45) is 6.97. The predicted octanol–water partition coefficient (Wildman–Crippen LogP) is 3.02. The molecule has 1 rings (SSSR count). The Hall–Kier alpha value is -0.340. The molecule has 2 heteroatoms. The van der Waals surface area contributed by atoms with E-state index in [1.54, 1.807) is 0 Å². The highest BCUT2D eigenvalue weighted by atomic mass is 16.5. The minimum Gasteiger partial charge on any atom is -0.374 e. The predicted molar refractivity (Wildman–Crippen MR) is 64.8 cm³/mol. The summed E-state index contributed by atoms with van der Waals surface area (Å²) in [5.74, 6) is 0. The molecule has 0 radical (unpaired) electrons. The molecule has 0 bridgehead atoms. The maximum atomic E-state index is 6.28. The van der Waals surface area contributed by atoms with Crippen molar-refractivity contribution in [1.82, 2.24) is 0 Å². The summed E-state index contributed by atoms with van der Waals surface area (Å²) in [4.78, 5) is 0. The van der Waals surface area contributed by atoms with Crippen LogP contribution in [0.15, 0.2) is 12.2 Å². The Balaban J connectivity index is 2.65. The summed E-state index contributed by atoms with van der Waals surface area (Å²) in [5.41, 5.74) is 7.38. The van der Waals surface area contributed by atoms with Crippen LogP contribution >= 0.6 is 0 Å². The average molecular weight is 211 g/mol. The van der Waals surface area contributed by atoms with E-state index in [4.69, 9.17) is 10.5 Å². The molecule has 0 heterocycles. The van der Waals surface area contributed by atoms with E-state index in [0.29, 0.717) is 0 Å². The summed E-state index contributed by atoms with van der Waals surface area (Å²) in [5, 5.41) is 0. The van der Waals surface area contributed by atoms with E-state index >= 15 is 0 Å². The van der Waals surface area contributed by atoms with Crippen LogP contribution in [0.1, 0.15) is 52.4 Å². The van der Waals surface area contributed by atoms with Crippen molar-refractivity contribution in [3.63, 3.8) is 0 Å². The molecule has 0 aliphatic heterocycles. The highest BCUT2D eigenvalue weighted by molar-refractivity contribution is 5.01. The number of ether oxygens (including phenoxy) is 1. The van der Waals surface area contributed by atoms with Crippen LogP contribution in [-0.2, 0) is 4.74 Å². The van der Waals surface area contributed by atoms with Gasteiger partial charge in [-0.15, -0.1) is 6.58 Å². The van der Waals surface area contributed by atoms with E-state index in [1.807, 2.05) is 6.92 Å². The molecular formula is C13H25NO. The third kappa shape index (κ3) is 3.32. The molecule has 2 nitrogen and oxygen atoms in total. The van der Waals surface area contributed by atoms with Gasteiger partial charge in [-0.25, -0.2) is 0 Å². The lowest BCUT2D eigenvalue weighted by molar-refractivity contribution is -0.0817. The minimum atomic E-state index is -0.0635. The first-order valence-corrected chi connectivity index (χ1v) is 6.14. The molecule has 1 unspecified atom stereocenters. The van der Waals surface area contributed by atoms with Crippen molar-refractivity contribution in [2.24, 2.45) is 5.73 Å². The summed E-state index contributed by atoms with van der Waals surface area (Å²) in [6.45, 7) is 8.82. The molecule has 0 spiro atoms. The first-order chi connectivity index (χ1) is 7.10. The van der Waals surface area contributed by atoms with Gasteiger partial charge in [0.2, 0.25) is 0 Å². The van der Waals surface area contributed by atoms with Gasteiger partial charge in [0, 0.05) is 12.6 Å². The number of nitrogens with two attached hydrogens (primary N) is 1. The van der Waals surface area contributed by atoms with E-state index in [0.717, 1.165) is 31.4 Å². The first kappa shape index (κ1) is 12.7. The second-order valence-corrected chi connectivity index (χ2v) is 4.83. The topological polar surface area (TPSA) is 35.2 Å². The molecule has 0 aromatic rings. The summed E-state index contributed by atoms with van der Waals surface area (Å²) in [6, 6.07) is 0.121. The van der Waals surface area contributed by atoms with Gasteiger partial charge in [0.25, 0.3) is 0 Å². The van der Waals surface area contributed by atoms with E-state index in [2.05, 4.69) is 13.5 Å². The number of hydrogen-bond acceptors (Lipinski definition) is 2. The van der Waals surface area contributed by atoms with Crippen LogP contribution in [0.5, 0.6) is 0 Å². The zero-order valence-corrected chi connectivity index (χ0v) is 10.2. The molecule has 88 valence electrons. The van der Waals surface area contributed by atoms with Crippen molar-refractivity contribution >= 4 is 0 Å². The fourth-order valence-corrected chi connectivity index (χ4v) is 2.62. The van der Waals surface area contributed by atoms with Gasteiger partial charge in [-0.05, 0) is 33.1 Å². The average Bonchev–Trinajstić information content (AvgIpc) is 2.18. The lowest BCUT2D eigenvalue weighted by Crippen LogP contribution is -2.51. The van der Waals surface area contributed by atoms with Crippen LogP contribution in [0.4, 0.5) is 0 Å². The van der Waals surface area contributed by atoms with Gasteiger partial charge < -0.3 is 10.5 Å². The largest absolute Gasteiger partial charge is 0.374 e. The van der Waals surface area contributed by atoms with Crippen molar-refractivity contribution in [2.45, 2.75) is 64.0 Å². The highest BCUT2D eigenvalue weighted by Crippen LogP contribution is 2.35. The van der Waals surface area contributed by atoms with Gasteiger partial charge >= 0.3 is 0 Å². The standard InChI is InChI=1S/C13H25NO/c1-4-15-13(8-6-5-7-9-13)12(14)10-11(2)3/h12H,2,4-10,14H2,1,3H3. The highest BCUT2D eigenvalue weighted by Gasteiger charge is 2.38. The van der Waals surface area contributed by atoms with Crippen molar-refractivity contribution in [2.75, 3.05) is 6.61 Å². The van der Waals surface area contributed by atoms with Crippen molar-refractivity contribution in [3.05, 3.63) is 12.2 Å². The van der Waals surface area contributed by atoms with Crippen molar-refractivity contribution in [3.8, 4) is 0 Å². The Bertz CT molecular complexity index is 201. The Morgan fingerprint density at radius 3 is 2.47 bits per heavy atom. The molecular weight excluding hydrogens is 186 g/mol. The quantitative estimate of drug-likeness (QED) is 0.709. The Morgan fingerprint density at radius 1 is 1.40 bits per heavy atom. The van der Waals surface area contributed by atoms with E-state index in [1.165, 1.54) is 19.3 Å². The third-order valence-electron chi connectivity index (χ3n) is 3.38. The van der Waals surface area contributed by atoms with Gasteiger partial charge in [0.1, 0.15) is 0 Å². The smallest absolute Gasteiger partial charge is 0.0835 e. The maximum Gasteiger partial charge on any atom is 0.0835 e. The Kier molecular flexibility index (Phi) is 4.81. The SMILES string of the molecule is C=C(C)CC(N)C1(OCC)CCCCC1. The van der Waals surface area contributed by atoms with Crippen LogP contribution in [0.25, 0.3) is 0 Å². The second-order valence-electron chi connectivity index (χ2n) is 4.83. The Labute approximate surface area is 93.9 Å². The van der Waals surface area contributed by atoms with E-state index in [-0.39, 0.29) is 11.6 Å². The van der Waals surface area contributed by atoms with Crippen LogP contribution in [-0.4, -0.2) is 18.2 Å². The Morgan fingerprint density at radius 2 is 2.00 bits per heavy atom. The van der Waals surface area contributed by atoms with Crippen LogP contribution in [0.2, 0.25) is 0 Å². The minimum absolute atomic E-state index is 0.0635. The molecule has 1 aliphatic carbocycles. The van der Waals surface area contributed by atoms with Crippen LogP contribution in [0, 0.1) is 0 Å². The lowest BCUT2D eigenvalue weighted by atomic mass is 9.77. The molecule has 1 saturated carbocycles. The molecule has 0 saturated heterocycles. The maximum absolute atomic E-state index is 6.28. The molecule has 0 aromatic carbocycles. The first-order valence-electron chi connectivity index (χ1n) is 6.14. The van der Waals surface area contributed by atoms with Gasteiger partial charge in [0.15, 0.2) is 0 Å². The number of hydrogen-bond donors (Lipinski definition) is 1.